The van der Waals surface area contributed by atoms with Gasteiger partial charge in [-0.25, -0.2) is 4.79 Å². The molecular weight excluding hydrogens is 813 g/mol. The third-order valence-electron chi connectivity index (χ3n) is 5.06. The van der Waals surface area contributed by atoms with Crippen LogP contribution in [0.1, 0.15) is 34.6 Å². The van der Waals surface area contributed by atoms with Gasteiger partial charge in [-0.1, -0.05) is 13.8 Å². The van der Waals surface area contributed by atoms with Crippen molar-refractivity contribution in [3.8, 4) is 0 Å². The van der Waals surface area contributed by atoms with Gasteiger partial charge in [0.1, 0.15) is 24.3 Å². The largest absolute Gasteiger partial charge is 0.524 e. The van der Waals surface area contributed by atoms with E-state index in [2.05, 4.69) is 20.6 Å². The zero-order chi connectivity index (χ0) is 31.7. The fraction of sp³-hybridized carbons (Fsp3) is 0.615. The first-order chi connectivity index (χ1) is 19.9. The SMILES string of the molecule is CC.COCCOCCOCC(CN(CC(=O)O)C(=O)Cn1ccc2c(=O)[nH]c(NC(=O)OC(C)(C)C)nc21)N[C-]=O.[Fm]. The van der Waals surface area contributed by atoms with Crippen LogP contribution in [-0.2, 0) is 39.9 Å². The Morgan fingerprint density at radius 3 is 2.42 bits per heavy atom. The molecule has 1 unspecified atom stereocenters. The molecule has 0 fully saturated rings. The molecule has 43 heavy (non-hydrogen) atoms. The van der Waals surface area contributed by atoms with Crippen molar-refractivity contribution in [1.82, 2.24) is 24.8 Å². The molecule has 0 aliphatic carbocycles. The number of nitrogens with zero attached hydrogens (tertiary/aromatic N) is 3. The Kier molecular flexibility index (Phi) is 16.9. The van der Waals surface area contributed by atoms with Crippen molar-refractivity contribution in [3.05, 3.63) is 22.6 Å². The van der Waals surface area contributed by atoms with Gasteiger partial charge >= 0.3 is 12.1 Å². The number of carbonyl (C=O) groups is 3. The van der Waals surface area contributed by atoms with E-state index < -0.39 is 41.7 Å². The van der Waals surface area contributed by atoms with E-state index in [1.807, 2.05) is 13.8 Å². The second-order valence-electron chi connectivity index (χ2n) is 9.51. The van der Waals surface area contributed by atoms with Gasteiger partial charge in [0.2, 0.25) is 11.9 Å². The maximum atomic E-state index is 13.1. The molecule has 0 saturated heterocycles. The molecule has 2 aromatic heterocycles. The number of hydrogen-bond acceptors (Lipinski definition) is 10. The first-order valence-electron chi connectivity index (χ1n) is 13.3. The van der Waals surface area contributed by atoms with Gasteiger partial charge in [-0.3, -0.25) is 24.7 Å². The zero-order valence-corrected chi connectivity index (χ0v) is 27.5. The van der Waals surface area contributed by atoms with Crippen LogP contribution in [0.3, 0.4) is 0 Å². The number of carboxylic acids is 1. The van der Waals surface area contributed by atoms with Crippen LogP contribution >= 0.6 is 0 Å². The van der Waals surface area contributed by atoms with Crippen LogP contribution in [-0.4, -0.2) is 114 Å². The van der Waals surface area contributed by atoms with E-state index in [-0.39, 0.29) is 49.9 Å². The maximum Gasteiger partial charge on any atom is 0.414 e. The van der Waals surface area contributed by atoms with Gasteiger partial charge < -0.3 is 43.6 Å². The summed E-state index contributed by atoms with van der Waals surface area (Å²) in [5.41, 5.74) is -1.28. The van der Waals surface area contributed by atoms with E-state index in [4.69, 9.17) is 18.9 Å². The topological polar surface area (TPSA) is 203 Å². The summed E-state index contributed by atoms with van der Waals surface area (Å²) in [6.45, 7) is 9.03. The van der Waals surface area contributed by atoms with E-state index in [0.717, 1.165) is 4.90 Å². The second-order valence-corrected chi connectivity index (χ2v) is 9.51. The number of rotatable bonds is 17. The number of H-pyrrole nitrogens is 1. The number of aromatic amines is 1. The number of carboxylic acid groups (broad SMARTS) is 1. The third-order valence-corrected chi connectivity index (χ3v) is 5.06. The van der Waals surface area contributed by atoms with E-state index >= 15 is 0 Å². The molecule has 0 aliphatic rings. The van der Waals surface area contributed by atoms with E-state index in [9.17, 15) is 29.1 Å². The van der Waals surface area contributed by atoms with Gasteiger partial charge in [0.25, 0.3) is 5.56 Å². The molecule has 0 aliphatic heterocycles. The molecular formula is C26H41FmN6O10-. The molecule has 3 amide bonds. The fourth-order valence-electron chi connectivity index (χ4n) is 3.40. The molecule has 1 atom stereocenters. The average molecular weight is 855 g/mol. The number of aliphatic carboxylic acids is 1. The predicted molar refractivity (Wildman–Crippen MR) is 152 cm³/mol. The second kappa shape index (κ2) is 19.2. The average Bonchev–Trinajstić information content (AvgIpc) is 3.30. The third kappa shape index (κ3) is 13.9. The Balaban J connectivity index is 0.00000575. The number of fused-ring (bicyclic) bond motifs is 1. The molecule has 2 heterocycles. The molecule has 2 aromatic rings. The van der Waals surface area contributed by atoms with Crippen molar-refractivity contribution >= 4 is 41.4 Å². The minimum Gasteiger partial charge on any atom is -0.524 e. The summed E-state index contributed by atoms with van der Waals surface area (Å²) < 4.78 is 22.1. The van der Waals surface area contributed by atoms with Gasteiger partial charge in [-0.2, -0.15) is 11.4 Å². The minimum absolute atomic E-state index is 0. The van der Waals surface area contributed by atoms with E-state index in [0.29, 0.717) is 13.2 Å². The van der Waals surface area contributed by atoms with Crippen molar-refractivity contribution in [3.63, 3.8) is 0 Å². The zero-order valence-electron chi connectivity index (χ0n) is 25.1. The summed E-state index contributed by atoms with van der Waals surface area (Å²) >= 11 is 0. The van der Waals surface area contributed by atoms with Gasteiger partial charge in [-0.15, -0.1) is 0 Å². The predicted octanol–water partition coefficient (Wildman–Crippen LogP) is 0.716. The van der Waals surface area contributed by atoms with E-state index in [1.165, 1.54) is 23.2 Å². The summed E-state index contributed by atoms with van der Waals surface area (Å²) in [5.74, 6) is -2.11. The molecule has 17 heteroatoms. The van der Waals surface area contributed by atoms with Crippen LogP contribution < -0.4 is 16.2 Å². The maximum absolute atomic E-state index is 13.1. The standard InChI is InChI=1S/C24H35N6O10.C2H6.Fm/c1-24(2,3)40-23(36)28-22-26-20-17(21(35)27-22)5-6-29(20)12-18(32)30(13-19(33)34)11-16(25-15-31)14-39-10-9-38-8-7-37-4;1-2;/h5-6,16H,7-14H2,1-4H3,(H,25,31)(H,33,34)(H2,26,27,28,35,36);1-2H3;/q-1;;. The smallest absolute Gasteiger partial charge is 0.414 e. The number of ether oxygens (including phenoxy) is 4. The van der Waals surface area contributed by atoms with Crippen LogP contribution in [0.15, 0.2) is 17.1 Å². The van der Waals surface area contributed by atoms with Crippen LogP contribution in [0.4, 0.5) is 10.7 Å². The van der Waals surface area contributed by atoms with Crippen LogP contribution in [0.25, 0.3) is 11.0 Å². The number of amides is 3. The molecule has 248 valence electrons. The van der Waals surface area contributed by atoms with Crippen LogP contribution in [0, 0.1) is 0 Å². The van der Waals surface area contributed by atoms with Gasteiger partial charge in [0.15, 0.2) is 0 Å². The Morgan fingerprint density at radius 2 is 1.81 bits per heavy atom. The van der Waals surface area contributed by atoms with Crippen molar-refractivity contribution in [1.29, 1.82) is 0 Å². The van der Waals surface area contributed by atoms with E-state index in [1.54, 1.807) is 27.9 Å². The molecule has 0 bridgehead atoms. The Labute approximate surface area is 243 Å². The Bertz CT molecular complexity index is 1210. The Hall–Kier alpha value is -5.02. The number of hydrogen-bond donors (Lipinski definition) is 4. The summed E-state index contributed by atoms with van der Waals surface area (Å²) in [5, 5.41) is 14.2. The minimum atomic E-state index is -1.27. The Morgan fingerprint density at radius 1 is 1.16 bits per heavy atom. The number of anilines is 1. The first-order valence-corrected chi connectivity index (χ1v) is 13.3. The normalized spacial score (nSPS) is 11.4. The summed E-state index contributed by atoms with van der Waals surface area (Å²) in [4.78, 5) is 67.9. The number of aromatic nitrogens is 3. The quantitative estimate of drug-likeness (QED) is 0.0993. The van der Waals surface area contributed by atoms with Crippen molar-refractivity contribution in [2.45, 2.75) is 52.8 Å². The summed E-state index contributed by atoms with van der Waals surface area (Å²) in [7, 11) is 1.55. The molecule has 0 spiro atoms. The number of carbonyl (C=O) groups excluding carboxylic acids is 3. The van der Waals surface area contributed by atoms with Crippen LogP contribution in [0.2, 0.25) is 0 Å². The fourth-order valence-corrected chi connectivity index (χ4v) is 3.40. The van der Waals surface area contributed by atoms with Gasteiger partial charge in [0.05, 0.1) is 38.4 Å². The molecule has 2 rings (SSSR count). The van der Waals surface area contributed by atoms with Crippen LogP contribution in [0.5, 0.6) is 0 Å². The molecule has 4 N–H and O–H groups in total. The summed E-state index contributed by atoms with van der Waals surface area (Å²) in [6.07, 6.45) is 2.13. The van der Waals surface area contributed by atoms with Crippen molar-refractivity contribution in [2.24, 2.45) is 0 Å². The number of nitrogens with one attached hydrogen (secondary N) is 3. The molecule has 0 radical (unpaired) electrons. The number of methoxy groups -OCH3 is 1. The first kappa shape index (κ1) is 38.0. The molecule has 0 aromatic carbocycles. The van der Waals surface area contributed by atoms with Crippen molar-refractivity contribution in [2.75, 3.05) is 58.6 Å². The molecule has 16 nitrogen and oxygen atoms in total. The monoisotopic (exact) mass is 854 g/mol. The summed E-state index contributed by atoms with van der Waals surface area (Å²) in [6, 6.07) is 0.674. The molecule has 0 saturated carbocycles. The van der Waals surface area contributed by atoms with Gasteiger partial charge in [-0.05, 0) is 26.8 Å². The van der Waals surface area contributed by atoms with Gasteiger partial charge in [0, 0.05) is 25.9 Å². The van der Waals surface area contributed by atoms with Crippen molar-refractivity contribution < 1.29 is 43.2 Å².